The fourth-order valence-corrected chi connectivity index (χ4v) is 2.43. The second-order valence-electron chi connectivity index (χ2n) is 4.53. The Hall–Kier alpha value is -1.39. The van der Waals surface area contributed by atoms with Gasteiger partial charge in [-0.05, 0) is 52.2 Å². The molecule has 2 N–H and O–H groups in total. The van der Waals surface area contributed by atoms with Crippen molar-refractivity contribution in [2.45, 2.75) is 19.4 Å². The highest BCUT2D eigenvalue weighted by atomic mass is 79.9. The van der Waals surface area contributed by atoms with Gasteiger partial charge in [-0.2, -0.15) is 0 Å². The summed E-state index contributed by atoms with van der Waals surface area (Å²) in [6.07, 6.45) is 2.59. The first-order valence-electron chi connectivity index (χ1n) is 6.10. The van der Waals surface area contributed by atoms with Crippen LogP contribution in [0.5, 0.6) is 5.75 Å². The topological polar surface area (TPSA) is 48.1 Å². The van der Waals surface area contributed by atoms with Crippen LogP contribution in [0.1, 0.15) is 22.9 Å². The van der Waals surface area contributed by atoms with Crippen LogP contribution in [0.25, 0.3) is 0 Å². The number of benzene rings is 1. The van der Waals surface area contributed by atoms with Crippen molar-refractivity contribution in [1.82, 2.24) is 4.98 Å². The molecule has 3 nitrogen and oxygen atoms in total. The van der Waals surface area contributed by atoms with Crippen molar-refractivity contribution < 1.29 is 4.74 Å². The average Bonchev–Trinajstić information content (AvgIpc) is 2.41. The van der Waals surface area contributed by atoms with E-state index < -0.39 is 0 Å². The van der Waals surface area contributed by atoms with E-state index >= 15 is 0 Å². The Morgan fingerprint density at radius 1 is 1.32 bits per heavy atom. The van der Waals surface area contributed by atoms with Crippen LogP contribution in [0.3, 0.4) is 0 Å². The van der Waals surface area contributed by atoms with E-state index in [-0.39, 0.29) is 6.04 Å². The van der Waals surface area contributed by atoms with Gasteiger partial charge in [0.15, 0.2) is 0 Å². The van der Waals surface area contributed by atoms with E-state index in [0.29, 0.717) is 0 Å². The monoisotopic (exact) mass is 320 g/mol. The lowest BCUT2D eigenvalue weighted by Crippen LogP contribution is -2.14. The largest absolute Gasteiger partial charge is 0.496 e. The predicted octanol–water partition coefficient (Wildman–Crippen LogP) is 3.40. The van der Waals surface area contributed by atoms with Crippen LogP contribution < -0.4 is 10.5 Å². The summed E-state index contributed by atoms with van der Waals surface area (Å²) in [6.45, 7) is 2.03. The number of ether oxygens (including phenoxy) is 1. The lowest BCUT2D eigenvalue weighted by molar-refractivity contribution is 0.412. The molecular formula is C15H17BrN2O. The molecule has 0 saturated heterocycles. The van der Waals surface area contributed by atoms with Gasteiger partial charge >= 0.3 is 0 Å². The molecule has 0 amide bonds. The van der Waals surface area contributed by atoms with E-state index in [9.17, 15) is 0 Å². The molecule has 1 heterocycles. The minimum atomic E-state index is -0.0718. The first-order valence-corrected chi connectivity index (χ1v) is 6.90. The van der Waals surface area contributed by atoms with E-state index in [1.54, 1.807) is 7.11 Å². The normalized spacial score (nSPS) is 12.2. The zero-order valence-electron chi connectivity index (χ0n) is 11.1. The van der Waals surface area contributed by atoms with Crippen molar-refractivity contribution >= 4 is 15.9 Å². The van der Waals surface area contributed by atoms with Crippen LogP contribution in [-0.4, -0.2) is 12.1 Å². The molecular weight excluding hydrogens is 304 g/mol. The van der Waals surface area contributed by atoms with Gasteiger partial charge in [0.25, 0.3) is 0 Å². The van der Waals surface area contributed by atoms with E-state index in [1.165, 1.54) is 0 Å². The zero-order valence-corrected chi connectivity index (χ0v) is 12.6. The third-order valence-electron chi connectivity index (χ3n) is 3.01. The van der Waals surface area contributed by atoms with Crippen molar-refractivity contribution in [3.63, 3.8) is 0 Å². The number of methoxy groups -OCH3 is 1. The number of nitrogens with two attached hydrogens (primary N) is 1. The standard InChI is InChI=1S/C15H17BrN2O/c1-10-3-5-12(18-9-10)8-14(17)11-4-6-15(19-2)13(16)7-11/h3-7,9,14H,8,17H2,1-2H3. The minimum absolute atomic E-state index is 0.0718. The summed E-state index contributed by atoms with van der Waals surface area (Å²) in [5, 5.41) is 0. The number of hydrogen-bond acceptors (Lipinski definition) is 3. The number of halogens is 1. The van der Waals surface area contributed by atoms with E-state index in [0.717, 1.165) is 33.5 Å². The molecule has 0 aliphatic carbocycles. The van der Waals surface area contributed by atoms with E-state index in [1.807, 2.05) is 37.4 Å². The summed E-state index contributed by atoms with van der Waals surface area (Å²) in [6, 6.07) is 9.91. The number of aryl methyl sites for hydroxylation is 1. The zero-order chi connectivity index (χ0) is 13.8. The number of aromatic nitrogens is 1. The van der Waals surface area contributed by atoms with Crippen LogP contribution in [0.2, 0.25) is 0 Å². The highest BCUT2D eigenvalue weighted by Gasteiger charge is 2.10. The number of nitrogens with zero attached hydrogens (tertiary/aromatic N) is 1. The molecule has 100 valence electrons. The van der Waals surface area contributed by atoms with Crippen LogP contribution in [0.15, 0.2) is 41.0 Å². The van der Waals surface area contributed by atoms with Crippen molar-refractivity contribution in [2.24, 2.45) is 5.73 Å². The van der Waals surface area contributed by atoms with Gasteiger partial charge in [0.05, 0.1) is 11.6 Å². The molecule has 0 aliphatic rings. The Labute approximate surface area is 121 Å². The van der Waals surface area contributed by atoms with Gasteiger partial charge in [-0.15, -0.1) is 0 Å². The highest BCUT2D eigenvalue weighted by molar-refractivity contribution is 9.10. The van der Waals surface area contributed by atoms with Crippen LogP contribution >= 0.6 is 15.9 Å². The molecule has 1 unspecified atom stereocenters. The van der Waals surface area contributed by atoms with Crippen molar-refractivity contribution in [1.29, 1.82) is 0 Å². The summed E-state index contributed by atoms with van der Waals surface area (Å²) in [5.41, 5.74) is 9.45. The molecule has 0 aliphatic heterocycles. The van der Waals surface area contributed by atoms with Crippen LogP contribution in [0.4, 0.5) is 0 Å². The van der Waals surface area contributed by atoms with Gasteiger partial charge in [-0.1, -0.05) is 12.1 Å². The molecule has 1 atom stereocenters. The van der Waals surface area contributed by atoms with Gasteiger partial charge in [-0.25, -0.2) is 0 Å². The smallest absolute Gasteiger partial charge is 0.133 e. The van der Waals surface area contributed by atoms with Gasteiger partial charge in [0, 0.05) is 24.4 Å². The van der Waals surface area contributed by atoms with Crippen molar-refractivity contribution in [2.75, 3.05) is 7.11 Å². The Kier molecular flexibility index (Phi) is 4.56. The summed E-state index contributed by atoms with van der Waals surface area (Å²) in [4.78, 5) is 4.38. The SMILES string of the molecule is COc1ccc(C(N)Cc2ccc(C)cn2)cc1Br. The number of pyridine rings is 1. The molecule has 2 aromatic rings. The average molecular weight is 321 g/mol. The lowest BCUT2D eigenvalue weighted by atomic mass is 10.0. The molecule has 1 aromatic heterocycles. The van der Waals surface area contributed by atoms with E-state index in [4.69, 9.17) is 10.5 Å². The minimum Gasteiger partial charge on any atom is -0.496 e. The molecule has 2 rings (SSSR count). The highest BCUT2D eigenvalue weighted by Crippen LogP contribution is 2.28. The van der Waals surface area contributed by atoms with Gasteiger partial charge < -0.3 is 10.5 Å². The third-order valence-corrected chi connectivity index (χ3v) is 3.63. The fourth-order valence-electron chi connectivity index (χ4n) is 1.88. The first-order chi connectivity index (χ1) is 9.10. The quantitative estimate of drug-likeness (QED) is 0.939. The maximum atomic E-state index is 6.22. The molecule has 1 aromatic carbocycles. The Bertz CT molecular complexity index is 555. The summed E-state index contributed by atoms with van der Waals surface area (Å²) in [5.74, 6) is 0.810. The van der Waals surface area contributed by atoms with Gasteiger partial charge in [-0.3, -0.25) is 4.98 Å². The molecule has 0 fully saturated rings. The Balaban J connectivity index is 2.13. The summed E-state index contributed by atoms with van der Waals surface area (Å²) in [7, 11) is 1.65. The third kappa shape index (κ3) is 3.55. The van der Waals surface area contributed by atoms with Crippen LogP contribution in [-0.2, 0) is 6.42 Å². The maximum absolute atomic E-state index is 6.22. The summed E-state index contributed by atoms with van der Waals surface area (Å²) >= 11 is 3.47. The Morgan fingerprint density at radius 3 is 2.68 bits per heavy atom. The number of hydrogen-bond donors (Lipinski definition) is 1. The maximum Gasteiger partial charge on any atom is 0.133 e. The number of rotatable bonds is 4. The molecule has 0 saturated carbocycles. The molecule has 0 bridgehead atoms. The van der Waals surface area contributed by atoms with Crippen LogP contribution in [0, 0.1) is 6.92 Å². The second kappa shape index (κ2) is 6.17. The second-order valence-corrected chi connectivity index (χ2v) is 5.39. The molecule has 0 spiro atoms. The predicted molar refractivity (Wildman–Crippen MR) is 80.3 cm³/mol. The molecule has 0 radical (unpaired) electrons. The van der Waals surface area contributed by atoms with Crippen molar-refractivity contribution in [3.8, 4) is 5.75 Å². The van der Waals surface area contributed by atoms with Gasteiger partial charge in [0.2, 0.25) is 0 Å². The molecule has 4 heteroatoms. The summed E-state index contributed by atoms with van der Waals surface area (Å²) < 4.78 is 6.13. The lowest BCUT2D eigenvalue weighted by Gasteiger charge is -2.13. The van der Waals surface area contributed by atoms with E-state index in [2.05, 4.69) is 27.0 Å². The molecule has 19 heavy (non-hydrogen) atoms. The van der Waals surface area contributed by atoms with Crippen molar-refractivity contribution in [3.05, 3.63) is 57.8 Å². The first kappa shape index (κ1) is 14.0. The Morgan fingerprint density at radius 2 is 2.11 bits per heavy atom. The fraction of sp³-hybridized carbons (Fsp3) is 0.267. The van der Waals surface area contributed by atoms with Gasteiger partial charge in [0.1, 0.15) is 5.75 Å².